The summed E-state index contributed by atoms with van der Waals surface area (Å²) in [6, 6.07) is 13.9. The number of esters is 1. The van der Waals surface area contributed by atoms with E-state index in [9.17, 15) is 4.79 Å². The van der Waals surface area contributed by atoms with E-state index in [2.05, 4.69) is 6.07 Å². The standard InChI is InChI=1S/C16H18O2S/c1-2-14(11-15-9-6-10-19-15)16(17)18-12-13-7-4-3-5-8-13/h3-10,14H,2,11-12H2,1H3. The van der Waals surface area contributed by atoms with Crippen molar-refractivity contribution in [3.05, 3.63) is 58.3 Å². The van der Waals surface area contributed by atoms with E-state index >= 15 is 0 Å². The van der Waals surface area contributed by atoms with Gasteiger partial charge in [0.05, 0.1) is 5.92 Å². The van der Waals surface area contributed by atoms with Crippen LogP contribution in [0.3, 0.4) is 0 Å². The second-order valence-electron chi connectivity index (χ2n) is 4.48. The number of hydrogen-bond acceptors (Lipinski definition) is 3. The lowest BCUT2D eigenvalue weighted by molar-refractivity contribution is -0.150. The van der Waals surface area contributed by atoms with Crippen molar-refractivity contribution >= 4 is 17.3 Å². The Morgan fingerprint density at radius 3 is 2.63 bits per heavy atom. The molecule has 2 rings (SSSR count). The number of carbonyl (C=O) groups is 1. The molecule has 2 nitrogen and oxygen atoms in total. The molecule has 100 valence electrons. The van der Waals surface area contributed by atoms with E-state index < -0.39 is 0 Å². The van der Waals surface area contributed by atoms with Gasteiger partial charge in [-0.15, -0.1) is 11.3 Å². The van der Waals surface area contributed by atoms with Crippen LogP contribution in [0.5, 0.6) is 0 Å². The summed E-state index contributed by atoms with van der Waals surface area (Å²) in [6.07, 6.45) is 1.59. The quantitative estimate of drug-likeness (QED) is 0.742. The van der Waals surface area contributed by atoms with Crippen molar-refractivity contribution < 1.29 is 9.53 Å². The molecule has 1 aromatic heterocycles. The summed E-state index contributed by atoms with van der Waals surface area (Å²) in [6.45, 7) is 2.39. The molecule has 0 saturated carbocycles. The minimum Gasteiger partial charge on any atom is -0.461 e. The van der Waals surface area contributed by atoms with Crippen LogP contribution in [0.25, 0.3) is 0 Å². The summed E-state index contributed by atoms with van der Waals surface area (Å²) in [5, 5.41) is 2.04. The zero-order valence-corrected chi connectivity index (χ0v) is 11.9. The summed E-state index contributed by atoms with van der Waals surface area (Å²) >= 11 is 1.69. The van der Waals surface area contributed by atoms with E-state index in [1.54, 1.807) is 11.3 Å². The largest absolute Gasteiger partial charge is 0.461 e. The molecule has 1 aromatic carbocycles. The van der Waals surface area contributed by atoms with Crippen molar-refractivity contribution in [3.63, 3.8) is 0 Å². The maximum absolute atomic E-state index is 12.1. The Morgan fingerprint density at radius 2 is 2.00 bits per heavy atom. The number of thiophene rings is 1. The zero-order chi connectivity index (χ0) is 13.5. The van der Waals surface area contributed by atoms with Gasteiger partial charge in [-0.25, -0.2) is 0 Å². The highest BCUT2D eigenvalue weighted by molar-refractivity contribution is 7.09. The van der Waals surface area contributed by atoms with E-state index in [1.807, 2.05) is 48.7 Å². The van der Waals surface area contributed by atoms with Gasteiger partial charge in [0.25, 0.3) is 0 Å². The van der Waals surface area contributed by atoms with Gasteiger partial charge in [-0.05, 0) is 29.9 Å². The maximum Gasteiger partial charge on any atom is 0.309 e. The van der Waals surface area contributed by atoms with E-state index in [0.29, 0.717) is 6.61 Å². The third-order valence-electron chi connectivity index (χ3n) is 3.08. The average molecular weight is 274 g/mol. The third-order valence-corrected chi connectivity index (χ3v) is 3.98. The van der Waals surface area contributed by atoms with Gasteiger partial charge in [0.1, 0.15) is 6.61 Å². The van der Waals surface area contributed by atoms with Crippen LogP contribution in [0.1, 0.15) is 23.8 Å². The van der Waals surface area contributed by atoms with Crippen LogP contribution in [0.4, 0.5) is 0 Å². The molecule has 19 heavy (non-hydrogen) atoms. The van der Waals surface area contributed by atoms with Crippen molar-refractivity contribution in [1.82, 2.24) is 0 Å². The molecule has 0 saturated heterocycles. The average Bonchev–Trinajstić information content (AvgIpc) is 2.96. The molecule has 0 aliphatic heterocycles. The van der Waals surface area contributed by atoms with Crippen molar-refractivity contribution in [2.45, 2.75) is 26.4 Å². The Kier molecular flexibility index (Phi) is 5.16. The molecule has 0 amide bonds. The van der Waals surface area contributed by atoms with Crippen LogP contribution in [0.2, 0.25) is 0 Å². The number of rotatable bonds is 6. The molecule has 2 aromatic rings. The predicted molar refractivity (Wildman–Crippen MR) is 78.0 cm³/mol. The van der Waals surface area contributed by atoms with Crippen LogP contribution < -0.4 is 0 Å². The van der Waals surface area contributed by atoms with Crippen LogP contribution in [0.15, 0.2) is 47.8 Å². The van der Waals surface area contributed by atoms with Gasteiger partial charge in [0, 0.05) is 4.88 Å². The van der Waals surface area contributed by atoms with Gasteiger partial charge >= 0.3 is 5.97 Å². The summed E-state index contributed by atoms with van der Waals surface area (Å²) in [7, 11) is 0. The molecule has 0 aliphatic rings. The van der Waals surface area contributed by atoms with Gasteiger partial charge in [0.2, 0.25) is 0 Å². The third kappa shape index (κ3) is 4.21. The van der Waals surface area contributed by atoms with Crippen LogP contribution in [-0.2, 0) is 22.6 Å². The highest BCUT2D eigenvalue weighted by atomic mass is 32.1. The maximum atomic E-state index is 12.1. The summed E-state index contributed by atoms with van der Waals surface area (Å²) in [4.78, 5) is 13.3. The first-order chi connectivity index (χ1) is 9.29. The van der Waals surface area contributed by atoms with E-state index in [1.165, 1.54) is 4.88 Å². The molecule has 3 heteroatoms. The summed E-state index contributed by atoms with van der Waals surface area (Å²) < 4.78 is 5.40. The lowest BCUT2D eigenvalue weighted by Crippen LogP contribution is -2.19. The topological polar surface area (TPSA) is 26.3 Å². The molecular weight excluding hydrogens is 256 g/mol. The van der Waals surface area contributed by atoms with Crippen molar-refractivity contribution in [2.75, 3.05) is 0 Å². The Hall–Kier alpha value is -1.61. The molecular formula is C16H18O2S. The normalized spacial score (nSPS) is 12.1. The molecule has 1 atom stereocenters. The molecule has 0 fully saturated rings. The molecule has 0 N–H and O–H groups in total. The van der Waals surface area contributed by atoms with Gasteiger partial charge in [-0.1, -0.05) is 43.3 Å². The first-order valence-corrected chi connectivity index (χ1v) is 7.40. The van der Waals surface area contributed by atoms with Crippen molar-refractivity contribution in [3.8, 4) is 0 Å². The number of benzene rings is 1. The first kappa shape index (κ1) is 13.8. The fraction of sp³-hybridized carbons (Fsp3) is 0.312. The fourth-order valence-electron chi connectivity index (χ4n) is 1.91. The minimum atomic E-state index is -0.0975. The Labute approximate surface area is 118 Å². The first-order valence-electron chi connectivity index (χ1n) is 6.52. The molecule has 0 aliphatic carbocycles. The number of ether oxygens (including phenoxy) is 1. The van der Waals surface area contributed by atoms with E-state index in [0.717, 1.165) is 18.4 Å². The Bertz CT molecular complexity index is 491. The molecule has 0 radical (unpaired) electrons. The highest BCUT2D eigenvalue weighted by Crippen LogP contribution is 2.18. The molecule has 0 spiro atoms. The molecule has 0 bridgehead atoms. The minimum absolute atomic E-state index is 0.0395. The Balaban J connectivity index is 1.87. The van der Waals surface area contributed by atoms with Gasteiger partial charge in [-0.3, -0.25) is 4.79 Å². The van der Waals surface area contributed by atoms with Crippen molar-refractivity contribution in [1.29, 1.82) is 0 Å². The number of carbonyl (C=O) groups excluding carboxylic acids is 1. The van der Waals surface area contributed by atoms with E-state index in [-0.39, 0.29) is 11.9 Å². The van der Waals surface area contributed by atoms with Gasteiger partial charge in [-0.2, -0.15) is 0 Å². The monoisotopic (exact) mass is 274 g/mol. The predicted octanol–water partition coefficient (Wildman–Crippen LogP) is 4.06. The smallest absolute Gasteiger partial charge is 0.309 e. The zero-order valence-electron chi connectivity index (χ0n) is 11.0. The lowest BCUT2D eigenvalue weighted by Gasteiger charge is -2.13. The SMILES string of the molecule is CCC(Cc1cccs1)C(=O)OCc1ccccc1. The van der Waals surface area contributed by atoms with E-state index in [4.69, 9.17) is 4.74 Å². The fourth-order valence-corrected chi connectivity index (χ4v) is 2.70. The second kappa shape index (κ2) is 7.10. The van der Waals surface area contributed by atoms with Crippen LogP contribution in [-0.4, -0.2) is 5.97 Å². The van der Waals surface area contributed by atoms with Crippen LogP contribution >= 0.6 is 11.3 Å². The summed E-state index contributed by atoms with van der Waals surface area (Å²) in [5.74, 6) is -0.137. The van der Waals surface area contributed by atoms with Crippen molar-refractivity contribution in [2.24, 2.45) is 5.92 Å². The second-order valence-corrected chi connectivity index (χ2v) is 5.51. The Morgan fingerprint density at radius 1 is 1.21 bits per heavy atom. The molecule has 1 heterocycles. The summed E-state index contributed by atoms with van der Waals surface area (Å²) in [5.41, 5.74) is 1.03. The number of hydrogen-bond donors (Lipinski definition) is 0. The van der Waals surface area contributed by atoms with Gasteiger partial charge < -0.3 is 4.74 Å². The molecule has 1 unspecified atom stereocenters. The van der Waals surface area contributed by atoms with Crippen LogP contribution in [0, 0.1) is 5.92 Å². The highest BCUT2D eigenvalue weighted by Gasteiger charge is 2.19. The van der Waals surface area contributed by atoms with Gasteiger partial charge in [0.15, 0.2) is 0 Å². The lowest BCUT2D eigenvalue weighted by atomic mass is 10.0.